The summed E-state index contributed by atoms with van der Waals surface area (Å²) in [4.78, 5) is 10.6. The molecule has 0 aliphatic heterocycles. The number of hydrogen-bond acceptors (Lipinski definition) is 1. The standard InChI is InChI=1S/2C3H7.C2H4O2.Cu/c2*1-3-2;1-2(3)4;/h2*3H,1-2H3;1H3,(H,3,4);. The molecule has 0 rings (SSSR count). The first-order chi connectivity index (χ1) is 4.86. The molecule has 0 atom stereocenters. The third-order valence-electron chi connectivity index (χ3n) is 0.402. The molecule has 0 amide bonds. The molecular weight excluding hydrogens is 192 g/mol. The quantitative estimate of drug-likeness (QED) is 0.711. The molecule has 0 aromatic carbocycles. The average molecular weight is 210 g/mol. The first kappa shape index (κ1) is 13.6. The Kier molecular flexibility index (Phi) is 9.98. The SMILES string of the molecule is CC(=O)O.C[CH](C)[Cu][CH](C)C. The molecule has 0 spiro atoms. The van der Waals surface area contributed by atoms with Gasteiger partial charge < -0.3 is 5.11 Å². The molecule has 3 heteroatoms. The van der Waals surface area contributed by atoms with E-state index in [-0.39, 0.29) is 0 Å². The number of rotatable bonds is 2. The van der Waals surface area contributed by atoms with Crippen LogP contribution in [0.3, 0.4) is 0 Å². The van der Waals surface area contributed by atoms with Crippen LogP contribution >= 0.6 is 0 Å². The summed E-state index contributed by atoms with van der Waals surface area (Å²) in [5.74, 6) is -0.833. The van der Waals surface area contributed by atoms with Crippen molar-refractivity contribution in [3.05, 3.63) is 0 Å². The third-order valence-corrected chi connectivity index (χ3v) is 1.66. The van der Waals surface area contributed by atoms with Gasteiger partial charge in [-0.3, -0.25) is 4.79 Å². The zero-order chi connectivity index (χ0) is 9.44. The van der Waals surface area contributed by atoms with Crippen LogP contribution in [-0.4, -0.2) is 11.1 Å². The zero-order valence-electron chi connectivity index (χ0n) is 7.81. The van der Waals surface area contributed by atoms with Gasteiger partial charge in [-0.25, -0.2) is 0 Å². The number of carboxylic acids is 1. The van der Waals surface area contributed by atoms with Crippen LogP contribution in [0.2, 0.25) is 9.63 Å². The Morgan fingerprint density at radius 3 is 1.36 bits per heavy atom. The van der Waals surface area contributed by atoms with Gasteiger partial charge in [-0.15, -0.1) is 0 Å². The van der Waals surface area contributed by atoms with Crippen LogP contribution in [0.15, 0.2) is 0 Å². The van der Waals surface area contributed by atoms with Gasteiger partial charge in [0.15, 0.2) is 0 Å². The molecule has 0 radical (unpaired) electrons. The van der Waals surface area contributed by atoms with Gasteiger partial charge in [-0.05, 0) is 0 Å². The van der Waals surface area contributed by atoms with Crippen molar-refractivity contribution in [3.8, 4) is 0 Å². The maximum atomic E-state index is 9.00. The summed E-state index contributed by atoms with van der Waals surface area (Å²) in [6.45, 7) is 9.97. The number of carbonyl (C=O) groups is 1. The molecule has 11 heavy (non-hydrogen) atoms. The second kappa shape index (κ2) is 8.09. The van der Waals surface area contributed by atoms with Crippen LogP contribution in [0.5, 0.6) is 0 Å². The van der Waals surface area contributed by atoms with Crippen LogP contribution in [0.1, 0.15) is 34.6 Å². The van der Waals surface area contributed by atoms with Crippen molar-refractivity contribution in [2.24, 2.45) is 0 Å². The van der Waals surface area contributed by atoms with Gasteiger partial charge in [0.05, 0.1) is 0 Å². The van der Waals surface area contributed by atoms with Gasteiger partial charge in [0.2, 0.25) is 0 Å². The van der Waals surface area contributed by atoms with Crippen molar-refractivity contribution in [1.82, 2.24) is 0 Å². The summed E-state index contributed by atoms with van der Waals surface area (Å²) in [5.41, 5.74) is 0. The monoisotopic (exact) mass is 209 g/mol. The molecule has 0 bridgehead atoms. The zero-order valence-corrected chi connectivity index (χ0v) is 8.75. The van der Waals surface area contributed by atoms with E-state index in [0.717, 1.165) is 16.6 Å². The van der Waals surface area contributed by atoms with Crippen molar-refractivity contribution in [2.75, 3.05) is 0 Å². The minimum absolute atomic E-state index is 0.781. The van der Waals surface area contributed by atoms with Crippen molar-refractivity contribution in [1.29, 1.82) is 0 Å². The van der Waals surface area contributed by atoms with Crippen LogP contribution < -0.4 is 0 Å². The van der Waals surface area contributed by atoms with Crippen molar-refractivity contribution in [2.45, 2.75) is 44.3 Å². The van der Waals surface area contributed by atoms with E-state index in [9.17, 15) is 0 Å². The van der Waals surface area contributed by atoms with Crippen LogP contribution in [0.25, 0.3) is 0 Å². The summed E-state index contributed by atoms with van der Waals surface area (Å²) in [6.07, 6.45) is 0. The molecule has 2 nitrogen and oxygen atoms in total. The summed E-state index contributed by atoms with van der Waals surface area (Å²) >= 11 is 2.09. The molecule has 0 heterocycles. The predicted molar refractivity (Wildman–Crippen MR) is 43.5 cm³/mol. The Hall–Kier alpha value is -0.0105. The van der Waals surface area contributed by atoms with Crippen molar-refractivity contribution >= 4 is 5.97 Å². The second-order valence-electron chi connectivity index (χ2n) is 2.47. The van der Waals surface area contributed by atoms with Crippen LogP contribution in [-0.2, 0) is 19.8 Å². The Morgan fingerprint density at radius 2 is 1.36 bits per heavy atom. The molecule has 0 aliphatic rings. The molecule has 0 aromatic rings. The summed E-state index contributed by atoms with van der Waals surface area (Å²) < 4.78 is 0. The molecule has 0 saturated heterocycles. The Morgan fingerprint density at radius 1 is 1.18 bits per heavy atom. The third kappa shape index (κ3) is 40.1. The van der Waals surface area contributed by atoms with Gasteiger partial charge in [-0.1, -0.05) is 0 Å². The first-order valence-electron chi connectivity index (χ1n) is 3.59. The maximum absolute atomic E-state index is 9.00. The van der Waals surface area contributed by atoms with E-state index < -0.39 is 5.97 Å². The fourth-order valence-electron chi connectivity index (χ4n) is 0.402. The molecule has 1 N–H and O–H groups in total. The van der Waals surface area contributed by atoms with E-state index in [1.54, 1.807) is 0 Å². The van der Waals surface area contributed by atoms with Gasteiger partial charge >= 0.3 is 52.3 Å². The van der Waals surface area contributed by atoms with Gasteiger partial charge in [0.25, 0.3) is 5.97 Å². The molecule has 73 valence electrons. The van der Waals surface area contributed by atoms with E-state index in [4.69, 9.17) is 9.90 Å². The normalized spacial score (nSPS) is 9.73. The molecule has 0 saturated carbocycles. The summed E-state index contributed by atoms with van der Waals surface area (Å²) in [6, 6.07) is 0. The van der Waals surface area contributed by atoms with Crippen LogP contribution in [0.4, 0.5) is 0 Å². The van der Waals surface area contributed by atoms with Gasteiger partial charge in [-0.2, -0.15) is 0 Å². The second-order valence-corrected chi connectivity index (χ2v) is 4.96. The minimum atomic E-state index is -0.833. The molecule has 0 aliphatic carbocycles. The Balaban J connectivity index is 0. The summed E-state index contributed by atoms with van der Waals surface area (Å²) in [7, 11) is 0. The Bertz CT molecular complexity index is 90.3. The molecule has 0 fully saturated rings. The van der Waals surface area contributed by atoms with Gasteiger partial charge in [0, 0.05) is 6.92 Å². The molecule has 0 unspecified atom stereocenters. The predicted octanol–water partition coefficient (Wildman–Crippen LogP) is 2.82. The van der Waals surface area contributed by atoms with Crippen molar-refractivity contribution < 1.29 is 24.9 Å². The average Bonchev–Trinajstić information content (AvgIpc) is 1.56. The fourth-order valence-corrected chi connectivity index (χ4v) is 1.66. The van der Waals surface area contributed by atoms with E-state index in [2.05, 4.69) is 42.7 Å². The van der Waals surface area contributed by atoms with E-state index in [1.165, 1.54) is 0 Å². The van der Waals surface area contributed by atoms with Crippen molar-refractivity contribution in [3.63, 3.8) is 0 Å². The van der Waals surface area contributed by atoms with Gasteiger partial charge in [0.1, 0.15) is 0 Å². The summed E-state index contributed by atoms with van der Waals surface area (Å²) in [5, 5.41) is 7.42. The van der Waals surface area contributed by atoms with E-state index >= 15 is 0 Å². The molecule has 0 aromatic heterocycles. The number of hydrogen-bond donors (Lipinski definition) is 1. The van der Waals surface area contributed by atoms with E-state index in [1.807, 2.05) is 0 Å². The number of aliphatic carboxylic acids is 1. The first-order valence-corrected chi connectivity index (χ1v) is 4.67. The Labute approximate surface area is 75.5 Å². The molecular formula is C8H18CuO2. The van der Waals surface area contributed by atoms with Crippen LogP contribution in [0, 0.1) is 0 Å². The fraction of sp³-hybridized carbons (Fsp3) is 0.875. The topological polar surface area (TPSA) is 37.3 Å². The number of carboxylic acid groups (broad SMARTS) is 1. The van der Waals surface area contributed by atoms with E-state index in [0.29, 0.717) is 0 Å².